The minimum atomic E-state index is -0.654. The van der Waals surface area contributed by atoms with E-state index in [4.69, 9.17) is 4.74 Å². The Labute approximate surface area is 152 Å². The van der Waals surface area contributed by atoms with Crippen LogP contribution in [0.2, 0.25) is 0 Å². The van der Waals surface area contributed by atoms with E-state index < -0.39 is 5.41 Å². The Morgan fingerprint density at radius 1 is 1.35 bits per heavy atom. The van der Waals surface area contributed by atoms with Gasteiger partial charge in [0.05, 0.1) is 29.9 Å². The Balaban J connectivity index is 1.49. The van der Waals surface area contributed by atoms with Gasteiger partial charge < -0.3 is 10.1 Å². The highest BCUT2D eigenvalue weighted by atomic mass is 19.1. The fourth-order valence-electron chi connectivity index (χ4n) is 4.19. The van der Waals surface area contributed by atoms with Crippen molar-refractivity contribution >= 4 is 11.6 Å². The van der Waals surface area contributed by atoms with Gasteiger partial charge in [0.25, 0.3) is 0 Å². The van der Waals surface area contributed by atoms with Gasteiger partial charge in [0, 0.05) is 12.8 Å². The number of amides is 1. The fourth-order valence-corrected chi connectivity index (χ4v) is 4.19. The highest BCUT2D eigenvalue weighted by molar-refractivity contribution is 5.99. The SMILES string of the molecule is O=C(Nc1cnn(C[C@H]2CCCO2)c1)C1(c2cccc(F)c2)CCCC1. The van der Waals surface area contributed by atoms with Crippen molar-refractivity contribution < 1.29 is 13.9 Å². The summed E-state index contributed by atoms with van der Waals surface area (Å²) in [4.78, 5) is 13.1. The van der Waals surface area contributed by atoms with E-state index in [1.54, 1.807) is 12.3 Å². The molecule has 1 saturated carbocycles. The summed E-state index contributed by atoms with van der Waals surface area (Å²) in [5.41, 5.74) is 0.786. The monoisotopic (exact) mass is 357 g/mol. The molecule has 1 aromatic carbocycles. The number of benzene rings is 1. The maximum absolute atomic E-state index is 13.7. The van der Waals surface area contributed by atoms with Crippen LogP contribution >= 0.6 is 0 Å². The van der Waals surface area contributed by atoms with Crippen molar-refractivity contribution in [3.63, 3.8) is 0 Å². The Morgan fingerprint density at radius 2 is 2.19 bits per heavy atom. The molecular formula is C20H24FN3O2. The lowest BCUT2D eigenvalue weighted by Gasteiger charge is -2.28. The first-order valence-corrected chi connectivity index (χ1v) is 9.37. The van der Waals surface area contributed by atoms with E-state index in [0.29, 0.717) is 12.2 Å². The van der Waals surface area contributed by atoms with E-state index in [2.05, 4.69) is 10.4 Å². The zero-order valence-electron chi connectivity index (χ0n) is 14.8. The molecule has 1 aromatic heterocycles. The van der Waals surface area contributed by atoms with E-state index >= 15 is 0 Å². The third-order valence-electron chi connectivity index (χ3n) is 5.57. The number of ether oxygens (including phenoxy) is 1. The normalized spacial score (nSPS) is 21.8. The van der Waals surface area contributed by atoms with Crippen molar-refractivity contribution in [3.8, 4) is 0 Å². The number of hydrogen-bond donors (Lipinski definition) is 1. The van der Waals surface area contributed by atoms with Gasteiger partial charge in [-0.25, -0.2) is 4.39 Å². The molecule has 0 bridgehead atoms. The molecule has 26 heavy (non-hydrogen) atoms. The molecule has 1 saturated heterocycles. The van der Waals surface area contributed by atoms with Crippen LogP contribution in [0.5, 0.6) is 0 Å². The molecule has 2 fully saturated rings. The van der Waals surface area contributed by atoms with E-state index in [9.17, 15) is 9.18 Å². The summed E-state index contributed by atoms with van der Waals surface area (Å²) in [6.07, 6.45) is 9.28. The van der Waals surface area contributed by atoms with Crippen molar-refractivity contribution in [2.75, 3.05) is 11.9 Å². The topological polar surface area (TPSA) is 56.2 Å². The van der Waals surface area contributed by atoms with Crippen molar-refractivity contribution in [2.24, 2.45) is 0 Å². The van der Waals surface area contributed by atoms with Crippen LogP contribution in [0.25, 0.3) is 0 Å². The van der Waals surface area contributed by atoms with Crippen LogP contribution in [0, 0.1) is 5.82 Å². The van der Waals surface area contributed by atoms with Crippen molar-refractivity contribution in [3.05, 3.63) is 48.0 Å². The molecule has 1 N–H and O–H groups in total. The van der Waals surface area contributed by atoms with Gasteiger partial charge in [-0.2, -0.15) is 5.10 Å². The predicted octanol–water partition coefficient (Wildman–Crippen LogP) is 3.65. The minimum absolute atomic E-state index is 0.0720. The predicted molar refractivity (Wildman–Crippen MR) is 96.4 cm³/mol. The maximum atomic E-state index is 13.7. The summed E-state index contributed by atoms with van der Waals surface area (Å²) >= 11 is 0. The molecule has 1 aliphatic heterocycles. The van der Waals surface area contributed by atoms with Gasteiger partial charge in [0.1, 0.15) is 5.82 Å². The van der Waals surface area contributed by atoms with Crippen molar-refractivity contribution in [1.29, 1.82) is 0 Å². The number of rotatable bonds is 5. The lowest BCUT2D eigenvalue weighted by atomic mass is 9.78. The molecular weight excluding hydrogens is 333 g/mol. The highest BCUT2D eigenvalue weighted by Crippen LogP contribution is 2.42. The highest BCUT2D eigenvalue weighted by Gasteiger charge is 2.43. The molecule has 2 aromatic rings. The minimum Gasteiger partial charge on any atom is -0.376 e. The summed E-state index contributed by atoms with van der Waals surface area (Å²) in [7, 11) is 0. The number of carbonyl (C=O) groups excluding carboxylic acids is 1. The van der Waals surface area contributed by atoms with Gasteiger partial charge in [-0.3, -0.25) is 9.48 Å². The van der Waals surface area contributed by atoms with Crippen LogP contribution in [0.4, 0.5) is 10.1 Å². The van der Waals surface area contributed by atoms with Gasteiger partial charge in [0.15, 0.2) is 0 Å². The van der Waals surface area contributed by atoms with Gasteiger partial charge in [-0.1, -0.05) is 25.0 Å². The number of aromatic nitrogens is 2. The third kappa shape index (κ3) is 3.38. The van der Waals surface area contributed by atoms with E-state index in [-0.39, 0.29) is 17.8 Å². The van der Waals surface area contributed by atoms with Gasteiger partial charge in [0.2, 0.25) is 5.91 Å². The molecule has 2 aliphatic rings. The van der Waals surface area contributed by atoms with E-state index in [1.165, 1.54) is 12.1 Å². The summed E-state index contributed by atoms with van der Waals surface area (Å²) in [5, 5.41) is 7.33. The Hall–Kier alpha value is -2.21. The van der Waals surface area contributed by atoms with Crippen LogP contribution in [-0.2, 0) is 21.5 Å². The molecule has 6 heteroatoms. The molecule has 1 aliphatic carbocycles. The van der Waals surface area contributed by atoms with E-state index in [1.807, 2.05) is 16.9 Å². The number of anilines is 1. The summed E-state index contributed by atoms with van der Waals surface area (Å²) in [5.74, 6) is -0.372. The molecule has 2 heterocycles. The first-order valence-electron chi connectivity index (χ1n) is 9.37. The van der Waals surface area contributed by atoms with Crippen LogP contribution in [0.15, 0.2) is 36.7 Å². The maximum Gasteiger partial charge on any atom is 0.235 e. The lowest BCUT2D eigenvalue weighted by molar-refractivity contribution is -0.121. The van der Waals surface area contributed by atoms with E-state index in [0.717, 1.165) is 50.7 Å². The number of halogens is 1. The first-order chi connectivity index (χ1) is 12.7. The smallest absolute Gasteiger partial charge is 0.235 e. The molecule has 1 atom stereocenters. The molecule has 1 amide bonds. The molecule has 4 rings (SSSR count). The zero-order chi connectivity index (χ0) is 18.0. The largest absolute Gasteiger partial charge is 0.376 e. The third-order valence-corrected chi connectivity index (χ3v) is 5.57. The van der Waals surface area contributed by atoms with Crippen LogP contribution < -0.4 is 5.32 Å². The average molecular weight is 357 g/mol. The summed E-state index contributed by atoms with van der Waals surface area (Å²) < 4.78 is 21.2. The van der Waals surface area contributed by atoms with Gasteiger partial charge in [-0.05, 0) is 43.4 Å². The Bertz CT molecular complexity index is 777. The average Bonchev–Trinajstić information content (AvgIpc) is 3.37. The molecule has 0 radical (unpaired) electrons. The standard InChI is InChI=1S/C20H24FN3O2/c21-16-6-3-5-15(11-16)20(8-1-2-9-20)19(25)23-17-12-22-24(13-17)14-18-7-4-10-26-18/h3,5-6,11-13,18H,1-2,4,7-10,14H2,(H,23,25)/t18-/m1/s1. The van der Waals surface area contributed by atoms with Crippen molar-refractivity contribution in [2.45, 2.75) is 56.6 Å². The quantitative estimate of drug-likeness (QED) is 0.889. The molecule has 138 valence electrons. The van der Waals surface area contributed by atoms with Crippen molar-refractivity contribution in [1.82, 2.24) is 9.78 Å². The Kier molecular flexibility index (Phi) is 4.76. The molecule has 5 nitrogen and oxygen atoms in total. The van der Waals surface area contributed by atoms with Crippen LogP contribution in [0.1, 0.15) is 44.1 Å². The van der Waals surface area contributed by atoms with Gasteiger partial charge >= 0.3 is 0 Å². The Morgan fingerprint density at radius 3 is 2.92 bits per heavy atom. The number of hydrogen-bond acceptors (Lipinski definition) is 3. The number of nitrogens with zero attached hydrogens (tertiary/aromatic N) is 2. The first kappa shape index (κ1) is 17.2. The number of nitrogens with one attached hydrogen (secondary N) is 1. The van der Waals surface area contributed by atoms with Gasteiger partial charge in [-0.15, -0.1) is 0 Å². The fraction of sp³-hybridized carbons (Fsp3) is 0.500. The lowest BCUT2D eigenvalue weighted by Crippen LogP contribution is -2.38. The summed E-state index contributed by atoms with van der Waals surface area (Å²) in [6, 6.07) is 6.44. The molecule has 0 spiro atoms. The zero-order valence-corrected chi connectivity index (χ0v) is 14.8. The second-order valence-corrected chi connectivity index (χ2v) is 7.34. The van der Waals surface area contributed by atoms with Crippen LogP contribution in [-0.4, -0.2) is 28.4 Å². The summed E-state index contributed by atoms with van der Waals surface area (Å²) in [6.45, 7) is 1.51. The molecule has 0 unspecified atom stereocenters. The van der Waals surface area contributed by atoms with Crippen LogP contribution in [0.3, 0.4) is 0 Å². The number of carbonyl (C=O) groups is 1. The second kappa shape index (κ2) is 7.19. The second-order valence-electron chi connectivity index (χ2n) is 7.34.